The zero-order chi connectivity index (χ0) is 19.4. The Bertz CT molecular complexity index is 782. The first-order chi connectivity index (χ1) is 12.6. The summed E-state index contributed by atoms with van der Waals surface area (Å²) in [6, 6.07) is 0. The van der Waals surface area contributed by atoms with E-state index >= 15 is 0 Å². The SMILES string of the molecule is CC(=O)O[C@@H]1CC2C(C)(C)CCC[C@]2(C)[C@@]23O[C@@H]2CC2=C(COC2=O)[C@]13C. The molecule has 2 aliphatic heterocycles. The van der Waals surface area contributed by atoms with Gasteiger partial charge < -0.3 is 14.2 Å². The van der Waals surface area contributed by atoms with Crippen molar-refractivity contribution < 1.29 is 23.8 Å². The van der Waals surface area contributed by atoms with Crippen LogP contribution in [0.2, 0.25) is 0 Å². The number of cyclic esters (lactones) is 1. The van der Waals surface area contributed by atoms with Crippen molar-refractivity contribution in [2.24, 2.45) is 22.2 Å². The van der Waals surface area contributed by atoms with E-state index in [4.69, 9.17) is 14.2 Å². The number of fused-ring (bicyclic) bond motifs is 2. The van der Waals surface area contributed by atoms with Gasteiger partial charge in [0.2, 0.25) is 0 Å². The molecule has 1 saturated heterocycles. The van der Waals surface area contributed by atoms with E-state index in [1.54, 1.807) is 0 Å². The standard InChI is InChI=1S/C22H30O5/c1-12(23)26-16-10-15-19(2,3)7-6-8-20(15,4)22-17(27-22)9-13-14(21(16,22)5)11-25-18(13)24/h15-17H,6-11H2,1-5H3/t15?,16-,17-,20+,21-,22+/m1/s1. The lowest BCUT2D eigenvalue weighted by Gasteiger charge is -2.64. The molecule has 0 radical (unpaired) electrons. The van der Waals surface area contributed by atoms with Crippen LogP contribution in [0.5, 0.6) is 0 Å². The molecular weight excluding hydrogens is 344 g/mol. The lowest BCUT2D eigenvalue weighted by molar-refractivity contribution is -0.200. The van der Waals surface area contributed by atoms with Gasteiger partial charge >= 0.3 is 11.9 Å². The fraction of sp³-hybridized carbons (Fsp3) is 0.818. The highest BCUT2D eigenvalue weighted by molar-refractivity contribution is 5.93. The number of esters is 2. The molecule has 1 spiro atoms. The molecule has 0 amide bonds. The van der Waals surface area contributed by atoms with Crippen molar-refractivity contribution in [3.63, 3.8) is 0 Å². The van der Waals surface area contributed by atoms with Gasteiger partial charge in [0.05, 0.1) is 11.5 Å². The van der Waals surface area contributed by atoms with E-state index < -0.39 is 5.41 Å². The average Bonchev–Trinajstić information content (AvgIpc) is 3.20. The van der Waals surface area contributed by atoms with Gasteiger partial charge in [-0.15, -0.1) is 0 Å². The second kappa shape index (κ2) is 4.97. The number of carbonyl (C=O) groups is 2. The predicted octanol–water partition coefficient (Wildman–Crippen LogP) is 3.56. The van der Waals surface area contributed by atoms with Gasteiger partial charge in [0, 0.05) is 24.3 Å². The first-order valence-corrected chi connectivity index (χ1v) is 10.3. The van der Waals surface area contributed by atoms with Gasteiger partial charge in [-0.2, -0.15) is 0 Å². The first kappa shape index (κ1) is 17.7. The maximum atomic E-state index is 12.3. The Kier molecular flexibility index (Phi) is 3.26. The second-order valence-corrected chi connectivity index (χ2v) is 10.4. The first-order valence-electron chi connectivity index (χ1n) is 10.3. The Hall–Kier alpha value is -1.36. The van der Waals surface area contributed by atoms with Crippen LogP contribution in [-0.4, -0.2) is 36.4 Å². The number of ether oxygens (including phenoxy) is 3. The van der Waals surface area contributed by atoms with Gasteiger partial charge in [0.15, 0.2) is 0 Å². The summed E-state index contributed by atoms with van der Waals surface area (Å²) in [5, 5.41) is 0. The summed E-state index contributed by atoms with van der Waals surface area (Å²) in [6.07, 6.45) is 4.70. The fourth-order valence-electron chi connectivity index (χ4n) is 7.84. The predicted molar refractivity (Wildman–Crippen MR) is 97.7 cm³/mol. The molecule has 0 aromatic carbocycles. The van der Waals surface area contributed by atoms with Crippen molar-refractivity contribution in [2.75, 3.05) is 6.61 Å². The Morgan fingerprint density at radius 1 is 1.19 bits per heavy atom. The number of hydrogen-bond donors (Lipinski definition) is 0. The van der Waals surface area contributed by atoms with Gasteiger partial charge in [0.1, 0.15) is 18.3 Å². The number of rotatable bonds is 1. The maximum absolute atomic E-state index is 12.3. The van der Waals surface area contributed by atoms with E-state index in [0.29, 0.717) is 18.9 Å². The van der Waals surface area contributed by atoms with Crippen LogP contribution in [-0.2, 0) is 23.8 Å². The van der Waals surface area contributed by atoms with Crippen LogP contribution in [0.1, 0.15) is 66.7 Å². The summed E-state index contributed by atoms with van der Waals surface area (Å²) < 4.78 is 18.0. The molecule has 148 valence electrons. The van der Waals surface area contributed by atoms with E-state index in [0.717, 1.165) is 24.0 Å². The van der Waals surface area contributed by atoms with E-state index in [1.165, 1.54) is 19.8 Å². The molecule has 6 atom stereocenters. The minimum Gasteiger partial charge on any atom is -0.462 e. The summed E-state index contributed by atoms with van der Waals surface area (Å²) >= 11 is 0. The highest BCUT2D eigenvalue weighted by Crippen LogP contribution is 2.78. The molecular formula is C22H30O5. The highest BCUT2D eigenvalue weighted by Gasteiger charge is 2.84. The third-order valence-electron chi connectivity index (χ3n) is 8.95. The number of epoxide rings is 1. The molecule has 5 aliphatic rings. The third kappa shape index (κ3) is 1.85. The van der Waals surface area contributed by atoms with Gasteiger partial charge in [-0.1, -0.05) is 27.2 Å². The summed E-state index contributed by atoms with van der Waals surface area (Å²) in [5.74, 6) is -0.0572. The zero-order valence-corrected chi connectivity index (χ0v) is 17.0. The molecule has 2 saturated carbocycles. The normalized spacial score (nSPS) is 49.4. The molecule has 5 heteroatoms. The summed E-state index contributed by atoms with van der Waals surface area (Å²) in [4.78, 5) is 24.4. The second-order valence-electron chi connectivity index (χ2n) is 10.4. The van der Waals surface area contributed by atoms with Crippen LogP contribution >= 0.6 is 0 Å². The molecule has 0 bridgehead atoms. The summed E-state index contributed by atoms with van der Waals surface area (Å²) in [7, 11) is 0. The van der Waals surface area contributed by atoms with E-state index in [1.807, 2.05) is 0 Å². The van der Waals surface area contributed by atoms with Gasteiger partial charge in [-0.3, -0.25) is 4.79 Å². The lowest BCUT2D eigenvalue weighted by atomic mass is 9.39. The monoisotopic (exact) mass is 374 g/mol. The Labute approximate surface area is 160 Å². The topological polar surface area (TPSA) is 65.1 Å². The third-order valence-corrected chi connectivity index (χ3v) is 8.95. The molecule has 27 heavy (non-hydrogen) atoms. The Morgan fingerprint density at radius 2 is 1.93 bits per heavy atom. The minimum atomic E-state index is -0.498. The van der Waals surface area contributed by atoms with Crippen molar-refractivity contribution >= 4 is 11.9 Å². The molecule has 0 aromatic heterocycles. The van der Waals surface area contributed by atoms with E-state index in [-0.39, 0.29) is 40.6 Å². The van der Waals surface area contributed by atoms with Crippen LogP contribution in [0.15, 0.2) is 11.1 Å². The quantitative estimate of drug-likeness (QED) is 0.519. The van der Waals surface area contributed by atoms with Gasteiger partial charge in [-0.25, -0.2) is 4.79 Å². The summed E-state index contributed by atoms with van der Waals surface area (Å²) in [5.41, 5.74) is 1.11. The summed E-state index contributed by atoms with van der Waals surface area (Å²) in [6.45, 7) is 11.1. The highest BCUT2D eigenvalue weighted by atomic mass is 16.6. The molecule has 5 rings (SSSR count). The van der Waals surface area contributed by atoms with Crippen LogP contribution in [0.4, 0.5) is 0 Å². The lowest BCUT2D eigenvalue weighted by Crippen LogP contribution is -2.68. The van der Waals surface area contributed by atoms with E-state index in [2.05, 4.69) is 27.7 Å². The van der Waals surface area contributed by atoms with Gasteiger partial charge in [0.25, 0.3) is 0 Å². The zero-order valence-electron chi connectivity index (χ0n) is 17.0. The molecule has 0 N–H and O–H groups in total. The molecule has 3 fully saturated rings. The Balaban J connectivity index is 1.71. The van der Waals surface area contributed by atoms with Crippen molar-refractivity contribution in [1.29, 1.82) is 0 Å². The number of carbonyl (C=O) groups excluding carboxylic acids is 2. The van der Waals surface area contributed by atoms with Crippen molar-refractivity contribution in [1.82, 2.24) is 0 Å². The van der Waals surface area contributed by atoms with Crippen molar-refractivity contribution in [2.45, 2.75) is 84.5 Å². The molecule has 1 unspecified atom stereocenters. The molecule has 2 heterocycles. The smallest absolute Gasteiger partial charge is 0.334 e. The molecule has 5 nitrogen and oxygen atoms in total. The fourth-order valence-corrected chi connectivity index (χ4v) is 7.84. The van der Waals surface area contributed by atoms with Gasteiger partial charge in [-0.05, 0) is 43.1 Å². The average molecular weight is 374 g/mol. The minimum absolute atomic E-state index is 0.00891. The molecule has 0 aromatic rings. The van der Waals surface area contributed by atoms with Crippen LogP contribution in [0.3, 0.4) is 0 Å². The van der Waals surface area contributed by atoms with Crippen LogP contribution in [0, 0.1) is 22.2 Å². The molecule has 3 aliphatic carbocycles. The van der Waals surface area contributed by atoms with Crippen molar-refractivity contribution in [3.8, 4) is 0 Å². The van der Waals surface area contributed by atoms with Crippen molar-refractivity contribution in [3.05, 3.63) is 11.1 Å². The number of hydrogen-bond acceptors (Lipinski definition) is 5. The Morgan fingerprint density at radius 3 is 2.63 bits per heavy atom. The van der Waals surface area contributed by atoms with Crippen LogP contribution in [0.25, 0.3) is 0 Å². The maximum Gasteiger partial charge on any atom is 0.334 e. The largest absolute Gasteiger partial charge is 0.462 e. The van der Waals surface area contributed by atoms with Crippen LogP contribution < -0.4 is 0 Å². The van der Waals surface area contributed by atoms with E-state index in [9.17, 15) is 9.59 Å².